The summed E-state index contributed by atoms with van der Waals surface area (Å²) in [5, 5.41) is 2.99. The number of rotatable bonds is 12. The number of hydrogen-bond acceptors (Lipinski definition) is 5. The molecular formula is C27H39N3O5S. The van der Waals surface area contributed by atoms with Crippen molar-refractivity contribution in [2.45, 2.75) is 65.1 Å². The highest BCUT2D eigenvalue weighted by Gasteiger charge is 2.30. The highest BCUT2D eigenvalue weighted by molar-refractivity contribution is 7.92. The number of nitrogens with zero attached hydrogens (tertiary/aromatic N) is 2. The minimum atomic E-state index is -3.58. The van der Waals surface area contributed by atoms with Gasteiger partial charge in [-0.2, -0.15) is 0 Å². The second kappa shape index (κ2) is 12.8. The van der Waals surface area contributed by atoms with E-state index in [0.717, 1.165) is 11.8 Å². The molecular weight excluding hydrogens is 478 g/mol. The summed E-state index contributed by atoms with van der Waals surface area (Å²) in [6.07, 6.45) is 1.99. The molecule has 9 heteroatoms. The third kappa shape index (κ3) is 8.86. The highest BCUT2D eigenvalue weighted by atomic mass is 32.2. The van der Waals surface area contributed by atoms with Gasteiger partial charge in [-0.15, -0.1) is 0 Å². The molecule has 2 rings (SSSR count). The zero-order chi connectivity index (χ0) is 26.9. The van der Waals surface area contributed by atoms with Gasteiger partial charge >= 0.3 is 0 Å². The first-order valence-corrected chi connectivity index (χ1v) is 14.0. The summed E-state index contributed by atoms with van der Waals surface area (Å²) in [4.78, 5) is 28.1. The smallest absolute Gasteiger partial charge is 0.243 e. The van der Waals surface area contributed by atoms with E-state index in [0.29, 0.717) is 30.8 Å². The molecule has 198 valence electrons. The second-order valence-electron chi connectivity index (χ2n) is 9.81. The Hall–Kier alpha value is -3.07. The molecule has 0 saturated heterocycles. The molecule has 8 nitrogen and oxygen atoms in total. The van der Waals surface area contributed by atoms with Crippen molar-refractivity contribution in [1.82, 2.24) is 10.2 Å². The first-order chi connectivity index (χ1) is 16.9. The van der Waals surface area contributed by atoms with Crippen LogP contribution >= 0.6 is 0 Å². The van der Waals surface area contributed by atoms with Gasteiger partial charge in [-0.25, -0.2) is 8.42 Å². The van der Waals surface area contributed by atoms with Crippen LogP contribution in [-0.2, 0) is 26.2 Å². The van der Waals surface area contributed by atoms with Gasteiger partial charge in [0.1, 0.15) is 11.8 Å². The Bertz CT molecular complexity index is 1110. The molecule has 2 amide bonds. The number of nitrogens with one attached hydrogen (secondary N) is 1. The van der Waals surface area contributed by atoms with Crippen LogP contribution in [-0.4, -0.2) is 56.6 Å². The maximum Gasteiger partial charge on any atom is 0.243 e. The molecule has 0 fully saturated rings. The molecule has 0 saturated carbocycles. The number of amides is 2. The molecule has 0 aliphatic heterocycles. The number of benzene rings is 2. The fraction of sp³-hybridized carbons (Fsp3) is 0.481. The van der Waals surface area contributed by atoms with Crippen molar-refractivity contribution in [2.75, 3.05) is 24.2 Å². The quantitative estimate of drug-likeness (QED) is 0.460. The van der Waals surface area contributed by atoms with Crippen molar-refractivity contribution >= 4 is 27.5 Å². The van der Waals surface area contributed by atoms with Crippen LogP contribution < -0.4 is 14.4 Å². The van der Waals surface area contributed by atoms with E-state index in [2.05, 4.69) is 5.32 Å². The maximum absolute atomic E-state index is 13.4. The Labute approximate surface area is 215 Å². The number of carbonyl (C=O) groups excluding carboxylic acids is 2. The van der Waals surface area contributed by atoms with Gasteiger partial charge in [-0.05, 0) is 51.3 Å². The Morgan fingerprint density at radius 3 is 2.28 bits per heavy atom. The number of methoxy groups -OCH3 is 1. The van der Waals surface area contributed by atoms with E-state index in [9.17, 15) is 18.0 Å². The van der Waals surface area contributed by atoms with Gasteiger partial charge in [-0.3, -0.25) is 13.9 Å². The van der Waals surface area contributed by atoms with Gasteiger partial charge in [0, 0.05) is 31.1 Å². The summed E-state index contributed by atoms with van der Waals surface area (Å²) >= 11 is 0. The number of sulfonamides is 1. The number of hydrogen-bond donors (Lipinski definition) is 1. The van der Waals surface area contributed by atoms with Gasteiger partial charge in [0.15, 0.2) is 0 Å². The van der Waals surface area contributed by atoms with Crippen molar-refractivity contribution in [3.63, 3.8) is 0 Å². The fourth-order valence-electron chi connectivity index (χ4n) is 3.92. The van der Waals surface area contributed by atoms with E-state index in [1.165, 1.54) is 11.4 Å². The minimum Gasteiger partial charge on any atom is -0.497 e. The van der Waals surface area contributed by atoms with E-state index >= 15 is 0 Å². The Morgan fingerprint density at radius 1 is 1.06 bits per heavy atom. The van der Waals surface area contributed by atoms with E-state index < -0.39 is 21.6 Å². The predicted octanol–water partition coefficient (Wildman–Crippen LogP) is 3.96. The standard InChI is InChI=1S/C27H39N3O5S/c1-7-24(26(32)28-27(2,3)4)29(20-21-13-9-8-10-14-21)25(31)17-12-18-30(36(6,33)34)22-15-11-16-23(19-22)35-5/h8-11,13-16,19,24H,7,12,17-18,20H2,1-6H3,(H,28,32)/t24-/m1/s1. The molecule has 0 spiro atoms. The molecule has 0 radical (unpaired) electrons. The zero-order valence-corrected chi connectivity index (χ0v) is 23.0. The van der Waals surface area contributed by atoms with Gasteiger partial charge in [0.25, 0.3) is 0 Å². The normalized spacial score (nSPS) is 12.5. The number of ether oxygens (including phenoxy) is 1. The number of anilines is 1. The van der Waals surface area contributed by atoms with Crippen molar-refractivity contribution in [2.24, 2.45) is 0 Å². The molecule has 0 aromatic heterocycles. The Kier molecular flexibility index (Phi) is 10.3. The summed E-state index contributed by atoms with van der Waals surface area (Å²) < 4.78 is 31.5. The topological polar surface area (TPSA) is 96.0 Å². The monoisotopic (exact) mass is 517 g/mol. The van der Waals surface area contributed by atoms with Crippen LogP contribution in [0.15, 0.2) is 54.6 Å². The van der Waals surface area contributed by atoms with Crippen molar-refractivity contribution in [3.8, 4) is 5.75 Å². The lowest BCUT2D eigenvalue weighted by molar-refractivity contribution is -0.142. The second-order valence-corrected chi connectivity index (χ2v) is 11.7. The fourth-order valence-corrected chi connectivity index (χ4v) is 4.88. The van der Waals surface area contributed by atoms with Crippen LogP contribution in [0.2, 0.25) is 0 Å². The Balaban J connectivity index is 2.22. The summed E-state index contributed by atoms with van der Waals surface area (Å²) in [6, 6.07) is 15.7. The van der Waals surface area contributed by atoms with Gasteiger partial charge < -0.3 is 15.0 Å². The maximum atomic E-state index is 13.4. The number of carbonyl (C=O) groups is 2. The lowest BCUT2D eigenvalue weighted by Crippen LogP contribution is -2.53. The van der Waals surface area contributed by atoms with Crippen LogP contribution in [0.4, 0.5) is 5.69 Å². The molecule has 0 heterocycles. The SMILES string of the molecule is CC[C@H](C(=O)NC(C)(C)C)N(Cc1ccccc1)C(=O)CCCN(c1cccc(OC)c1)S(C)(=O)=O. The summed E-state index contributed by atoms with van der Waals surface area (Å²) in [7, 11) is -2.06. The lowest BCUT2D eigenvalue weighted by Gasteiger charge is -2.33. The van der Waals surface area contributed by atoms with E-state index in [1.807, 2.05) is 58.0 Å². The van der Waals surface area contributed by atoms with Crippen LogP contribution in [0, 0.1) is 0 Å². The zero-order valence-electron chi connectivity index (χ0n) is 22.2. The largest absolute Gasteiger partial charge is 0.497 e. The molecule has 1 atom stereocenters. The highest BCUT2D eigenvalue weighted by Crippen LogP contribution is 2.24. The van der Waals surface area contributed by atoms with Gasteiger partial charge in [0.2, 0.25) is 21.8 Å². The van der Waals surface area contributed by atoms with E-state index in [4.69, 9.17) is 4.74 Å². The molecule has 2 aromatic carbocycles. The Morgan fingerprint density at radius 2 is 1.72 bits per heavy atom. The summed E-state index contributed by atoms with van der Waals surface area (Å²) in [5.74, 6) is 0.138. The average molecular weight is 518 g/mol. The van der Waals surface area contributed by atoms with Gasteiger partial charge in [-0.1, -0.05) is 43.3 Å². The predicted molar refractivity (Wildman–Crippen MR) is 143 cm³/mol. The molecule has 0 aliphatic rings. The average Bonchev–Trinajstić information content (AvgIpc) is 2.80. The minimum absolute atomic E-state index is 0.0993. The summed E-state index contributed by atoms with van der Waals surface area (Å²) in [5.41, 5.74) is 0.960. The van der Waals surface area contributed by atoms with E-state index in [-0.39, 0.29) is 24.8 Å². The molecule has 0 unspecified atom stereocenters. The van der Waals surface area contributed by atoms with Crippen molar-refractivity contribution < 1.29 is 22.7 Å². The van der Waals surface area contributed by atoms with E-state index in [1.54, 1.807) is 29.2 Å². The third-order valence-electron chi connectivity index (χ3n) is 5.57. The van der Waals surface area contributed by atoms with Gasteiger partial charge in [0.05, 0.1) is 19.1 Å². The van der Waals surface area contributed by atoms with Crippen LogP contribution in [0.5, 0.6) is 5.75 Å². The molecule has 1 N–H and O–H groups in total. The van der Waals surface area contributed by atoms with Crippen LogP contribution in [0.3, 0.4) is 0 Å². The molecule has 36 heavy (non-hydrogen) atoms. The van der Waals surface area contributed by atoms with Crippen LogP contribution in [0.25, 0.3) is 0 Å². The first-order valence-electron chi connectivity index (χ1n) is 12.1. The molecule has 2 aromatic rings. The summed E-state index contributed by atoms with van der Waals surface area (Å²) in [6.45, 7) is 8.01. The molecule has 0 aliphatic carbocycles. The van der Waals surface area contributed by atoms with Crippen molar-refractivity contribution in [1.29, 1.82) is 0 Å². The first kappa shape index (κ1) is 29.2. The molecule has 0 bridgehead atoms. The lowest BCUT2D eigenvalue weighted by atomic mass is 10.0. The van der Waals surface area contributed by atoms with Crippen LogP contribution in [0.1, 0.15) is 52.5 Å². The van der Waals surface area contributed by atoms with Crippen molar-refractivity contribution in [3.05, 3.63) is 60.2 Å². The third-order valence-corrected chi connectivity index (χ3v) is 6.77.